The lowest BCUT2D eigenvalue weighted by Crippen LogP contribution is -2.32. The molecule has 2 N–H and O–H groups in total. The molecule has 0 saturated heterocycles. The number of hydrogen-bond acceptors (Lipinski definition) is 5. The molecule has 8 heteroatoms. The average molecular weight is 375 g/mol. The summed E-state index contributed by atoms with van der Waals surface area (Å²) in [6.45, 7) is 1.00. The third-order valence-corrected chi connectivity index (χ3v) is 5.08. The maximum atomic E-state index is 12.2. The van der Waals surface area contributed by atoms with E-state index in [-0.39, 0.29) is 10.7 Å². The van der Waals surface area contributed by atoms with Crippen LogP contribution in [0, 0.1) is 0 Å². The Kier molecular flexibility index (Phi) is 6.12. The van der Waals surface area contributed by atoms with E-state index >= 15 is 0 Å². The first-order valence-corrected chi connectivity index (χ1v) is 9.35. The van der Waals surface area contributed by atoms with Crippen LogP contribution in [0.3, 0.4) is 0 Å². The molecule has 0 atom stereocenters. The summed E-state index contributed by atoms with van der Waals surface area (Å²) in [7, 11) is -0.0207. The number of benzene rings is 2. The molecule has 2 aromatic carbocycles. The average Bonchev–Trinajstić information content (AvgIpc) is 2.60. The molecule has 0 bridgehead atoms. The Hall–Kier alpha value is -2.71. The van der Waals surface area contributed by atoms with Crippen LogP contribution in [0.5, 0.6) is 0 Å². The Bertz CT molecular complexity index is 889. The van der Waals surface area contributed by atoms with Crippen molar-refractivity contribution in [2.75, 3.05) is 30.9 Å². The van der Waals surface area contributed by atoms with Gasteiger partial charge in [0.1, 0.15) is 0 Å². The lowest BCUT2D eigenvalue weighted by Gasteiger charge is -2.13. The van der Waals surface area contributed by atoms with Crippen LogP contribution in [-0.2, 0) is 14.8 Å². The Morgan fingerprint density at radius 3 is 2.04 bits per heavy atom. The lowest BCUT2D eigenvalue weighted by molar-refractivity contribution is -0.115. The fourth-order valence-corrected chi connectivity index (χ4v) is 3.14. The summed E-state index contributed by atoms with van der Waals surface area (Å²) in [5.74, 6) is -0.631. The zero-order valence-corrected chi connectivity index (χ0v) is 15.6. The van der Waals surface area contributed by atoms with Crippen molar-refractivity contribution in [3.05, 3.63) is 54.1 Å². The summed E-state index contributed by atoms with van der Waals surface area (Å²) in [6, 6.07) is 12.7. The van der Waals surface area contributed by atoms with Gasteiger partial charge >= 0.3 is 0 Å². The molecule has 0 aliphatic rings. The number of anilines is 2. The molecular weight excluding hydrogens is 354 g/mol. The lowest BCUT2D eigenvalue weighted by atomic mass is 10.2. The molecule has 0 heterocycles. The maximum absolute atomic E-state index is 12.2. The quantitative estimate of drug-likeness (QED) is 0.721. The number of rotatable bonds is 7. The number of amides is 1. The standard InChI is InChI=1S/C18H21N3O4S/c1-13(22)14-4-10-17(11-5-14)26(24,25)19-12-18(23)20-15-6-8-16(9-7-15)21(2)3/h4-11,19H,12H2,1-3H3,(H,20,23). The number of nitrogens with one attached hydrogen (secondary N) is 2. The first-order valence-electron chi connectivity index (χ1n) is 7.87. The Balaban J connectivity index is 1.95. The van der Waals surface area contributed by atoms with Gasteiger partial charge in [0.25, 0.3) is 0 Å². The fourth-order valence-electron chi connectivity index (χ4n) is 2.16. The van der Waals surface area contributed by atoms with Crippen LogP contribution < -0.4 is 14.9 Å². The molecule has 2 aromatic rings. The minimum absolute atomic E-state index is 0.00867. The van der Waals surface area contributed by atoms with Crippen LogP contribution in [0.1, 0.15) is 17.3 Å². The summed E-state index contributed by atoms with van der Waals surface area (Å²) < 4.78 is 26.7. The van der Waals surface area contributed by atoms with Crippen molar-refractivity contribution in [1.29, 1.82) is 0 Å². The second-order valence-electron chi connectivity index (χ2n) is 5.89. The highest BCUT2D eigenvalue weighted by molar-refractivity contribution is 7.89. The first-order chi connectivity index (χ1) is 12.2. The molecule has 2 rings (SSSR count). The Labute approximate surface area is 153 Å². The molecule has 1 amide bonds. The van der Waals surface area contributed by atoms with Crippen LogP contribution >= 0.6 is 0 Å². The third-order valence-electron chi connectivity index (χ3n) is 3.66. The maximum Gasteiger partial charge on any atom is 0.241 e. The predicted octanol–water partition coefficient (Wildman–Crippen LogP) is 1.87. The summed E-state index contributed by atoms with van der Waals surface area (Å²) in [5, 5.41) is 2.63. The topological polar surface area (TPSA) is 95.6 Å². The second kappa shape index (κ2) is 8.11. The highest BCUT2D eigenvalue weighted by Crippen LogP contribution is 2.15. The zero-order chi connectivity index (χ0) is 19.3. The second-order valence-corrected chi connectivity index (χ2v) is 7.66. The van der Waals surface area contributed by atoms with E-state index in [0.29, 0.717) is 11.3 Å². The molecule has 0 radical (unpaired) electrons. The van der Waals surface area contributed by atoms with E-state index in [9.17, 15) is 18.0 Å². The highest BCUT2D eigenvalue weighted by atomic mass is 32.2. The van der Waals surface area contributed by atoms with Crippen LogP contribution in [0.15, 0.2) is 53.4 Å². The van der Waals surface area contributed by atoms with Gasteiger partial charge in [0.2, 0.25) is 15.9 Å². The molecule has 0 fully saturated rings. The predicted molar refractivity (Wildman–Crippen MR) is 101 cm³/mol. The number of nitrogens with zero attached hydrogens (tertiary/aromatic N) is 1. The number of sulfonamides is 1. The zero-order valence-electron chi connectivity index (χ0n) is 14.8. The molecule has 0 saturated carbocycles. The van der Waals surface area contributed by atoms with Gasteiger partial charge in [0.05, 0.1) is 11.4 Å². The van der Waals surface area contributed by atoms with Crippen molar-refractivity contribution in [2.24, 2.45) is 0 Å². The van der Waals surface area contributed by atoms with Crippen molar-refractivity contribution < 1.29 is 18.0 Å². The Morgan fingerprint density at radius 1 is 0.962 bits per heavy atom. The number of Topliss-reactive ketones (excluding diaryl/α,β-unsaturated/α-hetero) is 1. The first kappa shape index (κ1) is 19.6. The van der Waals surface area contributed by atoms with Crippen molar-refractivity contribution in [3.8, 4) is 0 Å². The summed E-state index contributed by atoms with van der Waals surface area (Å²) in [4.78, 5) is 25.1. The molecule has 0 spiro atoms. The van der Waals surface area contributed by atoms with Crippen molar-refractivity contribution in [3.63, 3.8) is 0 Å². The van der Waals surface area contributed by atoms with Crippen LogP contribution in [0.4, 0.5) is 11.4 Å². The van der Waals surface area contributed by atoms with Crippen molar-refractivity contribution >= 4 is 33.1 Å². The Morgan fingerprint density at radius 2 is 1.54 bits per heavy atom. The van der Waals surface area contributed by atoms with Gasteiger partial charge in [-0.3, -0.25) is 9.59 Å². The van der Waals surface area contributed by atoms with Gasteiger partial charge in [-0.2, -0.15) is 0 Å². The van der Waals surface area contributed by atoms with E-state index in [1.54, 1.807) is 12.1 Å². The van der Waals surface area contributed by atoms with Gasteiger partial charge in [-0.15, -0.1) is 0 Å². The van der Waals surface area contributed by atoms with Crippen molar-refractivity contribution in [2.45, 2.75) is 11.8 Å². The molecule has 26 heavy (non-hydrogen) atoms. The van der Waals surface area contributed by atoms with E-state index in [0.717, 1.165) is 5.69 Å². The van der Waals surface area contributed by atoms with Crippen LogP contribution in [-0.4, -0.2) is 40.7 Å². The van der Waals surface area contributed by atoms with E-state index in [2.05, 4.69) is 10.0 Å². The molecule has 138 valence electrons. The van der Waals surface area contributed by atoms with E-state index in [1.165, 1.54) is 31.2 Å². The van der Waals surface area contributed by atoms with Gasteiger partial charge in [-0.25, -0.2) is 13.1 Å². The van der Waals surface area contributed by atoms with Gasteiger partial charge in [0, 0.05) is 31.0 Å². The smallest absolute Gasteiger partial charge is 0.241 e. The van der Waals surface area contributed by atoms with Gasteiger partial charge < -0.3 is 10.2 Å². The van der Waals surface area contributed by atoms with E-state index in [4.69, 9.17) is 0 Å². The third kappa shape index (κ3) is 5.14. The molecular formula is C18H21N3O4S. The van der Waals surface area contributed by atoms with Crippen LogP contribution in [0.25, 0.3) is 0 Å². The number of hydrogen-bond donors (Lipinski definition) is 2. The van der Waals surface area contributed by atoms with Gasteiger partial charge in [0.15, 0.2) is 5.78 Å². The molecule has 0 aliphatic carbocycles. The molecule has 0 aromatic heterocycles. The van der Waals surface area contributed by atoms with Gasteiger partial charge in [-0.1, -0.05) is 12.1 Å². The normalized spacial score (nSPS) is 11.0. The number of ketones is 1. The summed E-state index contributed by atoms with van der Waals surface area (Å²) >= 11 is 0. The molecule has 0 unspecified atom stereocenters. The monoisotopic (exact) mass is 375 g/mol. The minimum atomic E-state index is -3.84. The summed E-state index contributed by atoms with van der Waals surface area (Å²) in [6.07, 6.45) is 0. The minimum Gasteiger partial charge on any atom is -0.378 e. The van der Waals surface area contributed by atoms with Crippen LogP contribution in [0.2, 0.25) is 0 Å². The van der Waals surface area contributed by atoms with E-state index < -0.39 is 22.5 Å². The van der Waals surface area contributed by atoms with Gasteiger partial charge in [-0.05, 0) is 43.3 Å². The number of carbonyl (C=O) groups excluding carboxylic acids is 2. The van der Waals surface area contributed by atoms with E-state index in [1.807, 2.05) is 31.1 Å². The molecule has 0 aliphatic heterocycles. The SMILES string of the molecule is CC(=O)c1ccc(S(=O)(=O)NCC(=O)Nc2ccc(N(C)C)cc2)cc1. The summed E-state index contributed by atoms with van der Waals surface area (Å²) in [5.41, 5.74) is 1.98. The largest absolute Gasteiger partial charge is 0.378 e. The fraction of sp³-hybridized carbons (Fsp3) is 0.222. The molecule has 7 nitrogen and oxygen atoms in total. The van der Waals surface area contributed by atoms with Crippen molar-refractivity contribution in [1.82, 2.24) is 4.72 Å². The number of carbonyl (C=O) groups is 2. The highest BCUT2D eigenvalue weighted by Gasteiger charge is 2.16.